The molecule has 0 spiro atoms. The molecule has 124 valence electrons. The van der Waals surface area contributed by atoms with Crippen molar-refractivity contribution < 1.29 is 4.79 Å². The Morgan fingerprint density at radius 1 is 1.08 bits per heavy atom. The van der Waals surface area contributed by atoms with E-state index in [1.165, 1.54) is 21.9 Å². The van der Waals surface area contributed by atoms with Crippen molar-refractivity contribution in [3.05, 3.63) is 53.7 Å². The largest absolute Gasteiger partial charge is 0.355 e. The van der Waals surface area contributed by atoms with E-state index in [4.69, 9.17) is 0 Å². The monoisotopic (exact) mass is 348 g/mol. The summed E-state index contributed by atoms with van der Waals surface area (Å²) in [6.07, 6.45) is 3.46. The van der Waals surface area contributed by atoms with Gasteiger partial charge in [-0.25, -0.2) is 4.98 Å². The normalized spacial score (nSPS) is 11.0. The molecule has 0 radical (unpaired) electrons. The lowest BCUT2D eigenvalue weighted by molar-refractivity contribution is -0.114. The molecule has 0 unspecified atom stereocenters. The standard InChI is InChI=1S/C19H16N4OS/c1-11-7-13-8-17-15(10-18(13)25-11)16(4-6-20-17)23-14-3-5-21-19(9-14)22-12(2)24/h3-10H,1-2H3,(H2,20,21,22,23,24). The highest BCUT2D eigenvalue weighted by molar-refractivity contribution is 7.19. The molecule has 1 aromatic carbocycles. The molecular weight excluding hydrogens is 332 g/mol. The van der Waals surface area contributed by atoms with Gasteiger partial charge in [0.25, 0.3) is 0 Å². The van der Waals surface area contributed by atoms with Gasteiger partial charge in [-0.2, -0.15) is 0 Å². The molecule has 4 aromatic rings. The first-order valence-corrected chi connectivity index (χ1v) is 8.70. The number of hydrogen-bond donors (Lipinski definition) is 2. The van der Waals surface area contributed by atoms with E-state index in [0.29, 0.717) is 5.82 Å². The molecule has 0 saturated heterocycles. The predicted molar refractivity (Wildman–Crippen MR) is 104 cm³/mol. The van der Waals surface area contributed by atoms with Crippen LogP contribution < -0.4 is 10.6 Å². The molecule has 0 atom stereocenters. The lowest BCUT2D eigenvalue weighted by Gasteiger charge is -2.11. The SMILES string of the molecule is CC(=O)Nc1cc(Nc2ccnc3cc4cc(C)sc4cc23)ccn1. The van der Waals surface area contributed by atoms with Gasteiger partial charge in [-0.05, 0) is 42.6 Å². The van der Waals surface area contributed by atoms with Crippen LogP contribution in [0.1, 0.15) is 11.8 Å². The minimum absolute atomic E-state index is 0.144. The van der Waals surface area contributed by atoms with Crippen LogP contribution in [0.3, 0.4) is 0 Å². The third kappa shape index (κ3) is 3.16. The van der Waals surface area contributed by atoms with E-state index in [1.807, 2.05) is 18.2 Å². The molecule has 0 aliphatic heterocycles. The Labute approximate surface area is 148 Å². The summed E-state index contributed by atoms with van der Waals surface area (Å²) in [5, 5.41) is 8.38. The van der Waals surface area contributed by atoms with Crippen LogP contribution in [0, 0.1) is 6.92 Å². The van der Waals surface area contributed by atoms with Gasteiger partial charge in [-0.1, -0.05) is 0 Å². The number of rotatable bonds is 3. The number of aromatic nitrogens is 2. The Hall–Kier alpha value is -2.99. The third-order valence-corrected chi connectivity index (χ3v) is 4.86. The van der Waals surface area contributed by atoms with Crippen LogP contribution in [0.5, 0.6) is 0 Å². The number of anilines is 3. The lowest BCUT2D eigenvalue weighted by atomic mass is 10.1. The van der Waals surface area contributed by atoms with Crippen LogP contribution in [0.25, 0.3) is 21.0 Å². The fraction of sp³-hybridized carbons (Fsp3) is 0.105. The fourth-order valence-corrected chi connectivity index (χ4v) is 3.78. The van der Waals surface area contributed by atoms with Crippen molar-refractivity contribution >= 4 is 55.4 Å². The van der Waals surface area contributed by atoms with Crippen LogP contribution in [0.2, 0.25) is 0 Å². The number of pyridine rings is 2. The molecule has 2 N–H and O–H groups in total. The Morgan fingerprint density at radius 2 is 1.92 bits per heavy atom. The van der Waals surface area contributed by atoms with Gasteiger partial charge in [0.2, 0.25) is 5.91 Å². The van der Waals surface area contributed by atoms with E-state index in [0.717, 1.165) is 22.3 Å². The van der Waals surface area contributed by atoms with E-state index in [2.05, 4.69) is 45.7 Å². The van der Waals surface area contributed by atoms with Crippen molar-refractivity contribution in [1.29, 1.82) is 0 Å². The van der Waals surface area contributed by atoms with Crippen molar-refractivity contribution in [2.24, 2.45) is 0 Å². The number of carbonyl (C=O) groups is 1. The van der Waals surface area contributed by atoms with Crippen LogP contribution in [0.4, 0.5) is 17.2 Å². The molecule has 3 heterocycles. The second kappa shape index (κ2) is 6.14. The van der Waals surface area contributed by atoms with Gasteiger partial charge >= 0.3 is 0 Å². The Balaban J connectivity index is 1.76. The van der Waals surface area contributed by atoms with Crippen molar-refractivity contribution in [1.82, 2.24) is 9.97 Å². The first-order valence-electron chi connectivity index (χ1n) is 7.88. The maximum absolute atomic E-state index is 11.2. The van der Waals surface area contributed by atoms with Gasteiger partial charge in [0.05, 0.1) is 5.52 Å². The number of nitrogens with one attached hydrogen (secondary N) is 2. The Kier molecular flexibility index (Phi) is 3.82. The molecule has 4 rings (SSSR count). The minimum Gasteiger partial charge on any atom is -0.355 e. The third-order valence-electron chi connectivity index (χ3n) is 3.85. The van der Waals surface area contributed by atoms with Crippen molar-refractivity contribution in [2.45, 2.75) is 13.8 Å². The first-order chi connectivity index (χ1) is 12.1. The van der Waals surface area contributed by atoms with Gasteiger partial charge in [0, 0.05) is 51.7 Å². The van der Waals surface area contributed by atoms with Crippen LogP contribution in [-0.2, 0) is 4.79 Å². The fourth-order valence-electron chi connectivity index (χ4n) is 2.83. The molecule has 25 heavy (non-hydrogen) atoms. The zero-order valence-electron chi connectivity index (χ0n) is 13.8. The van der Waals surface area contributed by atoms with Gasteiger partial charge in [0.1, 0.15) is 5.82 Å². The van der Waals surface area contributed by atoms with Gasteiger partial charge in [0.15, 0.2) is 0 Å². The lowest BCUT2D eigenvalue weighted by Crippen LogP contribution is -2.07. The molecule has 0 bridgehead atoms. The molecule has 3 aromatic heterocycles. The number of nitrogens with zero attached hydrogens (tertiary/aromatic N) is 2. The number of aryl methyl sites for hydroxylation is 1. The first kappa shape index (κ1) is 15.5. The summed E-state index contributed by atoms with van der Waals surface area (Å²) in [7, 11) is 0. The minimum atomic E-state index is -0.144. The molecular formula is C19H16N4OS. The van der Waals surface area contributed by atoms with E-state index >= 15 is 0 Å². The van der Waals surface area contributed by atoms with E-state index < -0.39 is 0 Å². The number of thiophene rings is 1. The number of carbonyl (C=O) groups excluding carboxylic acids is 1. The van der Waals surface area contributed by atoms with Crippen LogP contribution >= 0.6 is 11.3 Å². The summed E-state index contributed by atoms with van der Waals surface area (Å²) < 4.78 is 1.25. The second-order valence-corrected chi connectivity index (χ2v) is 7.15. The summed E-state index contributed by atoms with van der Waals surface area (Å²) in [4.78, 5) is 21.1. The van der Waals surface area contributed by atoms with Gasteiger partial charge in [-0.3, -0.25) is 9.78 Å². The maximum Gasteiger partial charge on any atom is 0.222 e. The topological polar surface area (TPSA) is 66.9 Å². The van der Waals surface area contributed by atoms with Gasteiger partial charge < -0.3 is 10.6 Å². The molecule has 0 aliphatic rings. The average molecular weight is 348 g/mol. The summed E-state index contributed by atoms with van der Waals surface area (Å²) in [6, 6.07) is 12.1. The van der Waals surface area contributed by atoms with Crippen LogP contribution in [-0.4, -0.2) is 15.9 Å². The van der Waals surface area contributed by atoms with E-state index in [-0.39, 0.29) is 5.91 Å². The predicted octanol–water partition coefficient (Wildman–Crippen LogP) is 4.85. The smallest absolute Gasteiger partial charge is 0.222 e. The quantitative estimate of drug-likeness (QED) is 0.555. The molecule has 6 heteroatoms. The average Bonchev–Trinajstić information content (AvgIpc) is 2.92. The highest BCUT2D eigenvalue weighted by Gasteiger charge is 2.07. The van der Waals surface area contributed by atoms with Crippen LogP contribution in [0.15, 0.2) is 48.8 Å². The Bertz CT molecular complexity index is 1100. The molecule has 0 saturated carbocycles. The van der Waals surface area contributed by atoms with Gasteiger partial charge in [-0.15, -0.1) is 11.3 Å². The molecule has 5 nitrogen and oxygen atoms in total. The number of benzene rings is 1. The summed E-state index contributed by atoms with van der Waals surface area (Å²) in [6.45, 7) is 3.58. The zero-order chi connectivity index (χ0) is 17.4. The second-order valence-electron chi connectivity index (χ2n) is 5.86. The molecule has 0 fully saturated rings. The highest BCUT2D eigenvalue weighted by atomic mass is 32.1. The number of hydrogen-bond acceptors (Lipinski definition) is 5. The summed E-state index contributed by atoms with van der Waals surface area (Å²) in [5.74, 6) is 0.376. The van der Waals surface area contributed by atoms with Crippen molar-refractivity contribution in [2.75, 3.05) is 10.6 Å². The van der Waals surface area contributed by atoms with Crippen molar-refractivity contribution in [3.63, 3.8) is 0 Å². The maximum atomic E-state index is 11.2. The summed E-state index contributed by atoms with van der Waals surface area (Å²) >= 11 is 1.78. The molecule has 0 aliphatic carbocycles. The number of amides is 1. The van der Waals surface area contributed by atoms with E-state index in [1.54, 1.807) is 23.7 Å². The van der Waals surface area contributed by atoms with Crippen molar-refractivity contribution in [3.8, 4) is 0 Å². The Morgan fingerprint density at radius 3 is 2.76 bits per heavy atom. The summed E-state index contributed by atoms with van der Waals surface area (Å²) in [5.41, 5.74) is 2.78. The van der Waals surface area contributed by atoms with E-state index in [9.17, 15) is 4.79 Å². The zero-order valence-corrected chi connectivity index (χ0v) is 14.6. The number of fused-ring (bicyclic) bond motifs is 2. The highest BCUT2D eigenvalue weighted by Crippen LogP contribution is 2.33. The molecule has 1 amide bonds.